The molecule has 1 aromatic heterocycles. The van der Waals surface area contributed by atoms with Crippen molar-refractivity contribution < 1.29 is 23.4 Å². The van der Waals surface area contributed by atoms with Gasteiger partial charge in [0, 0.05) is 30.9 Å². The van der Waals surface area contributed by atoms with E-state index < -0.39 is 17.4 Å². The molecule has 0 bridgehead atoms. The third-order valence-corrected chi connectivity index (χ3v) is 5.97. The lowest BCUT2D eigenvalue weighted by Crippen LogP contribution is -2.33. The predicted octanol–water partition coefficient (Wildman–Crippen LogP) is 2.63. The molecule has 0 unspecified atom stereocenters. The topological polar surface area (TPSA) is 125 Å². The summed E-state index contributed by atoms with van der Waals surface area (Å²) in [5, 5.41) is 18.9. The molecule has 0 radical (unpaired) electrons. The summed E-state index contributed by atoms with van der Waals surface area (Å²) in [6, 6.07) is 9.58. The van der Waals surface area contributed by atoms with Crippen LogP contribution in [0.2, 0.25) is 0 Å². The van der Waals surface area contributed by atoms with Crippen LogP contribution < -0.4 is 15.4 Å². The lowest BCUT2D eigenvalue weighted by Gasteiger charge is -2.27. The van der Waals surface area contributed by atoms with Gasteiger partial charge in [-0.25, -0.2) is 18.7 Å². The summed E-state index contributed by atoms with van der Waals surface area (Å²) in [6.45, 7) is 0.340. The number of aromatic nitrogens is 2. The molecule has 2 aromatic carbocycles. The van der Waals surface area contributed by atoms with Crippen molar-refractivity contribution in [3.05, 3.63) is 71.1 Å². The smallest absolute Gasteiger partial charge is 0.185 e. The van der Waals surface area contributed by atoms with E-state index in [1.807, 2.05) is 4.90 Å². The average Bonchev–Trinajstić information content (AvgIpc) is 3.24. The maximum absolute atomic E-state index is 14.9. The molecule has 1 saturated heterocycles. The third-order valence-electron chi connectivity index (χ3n) is 5.97. The third kappa shape index (κ3) is 4.82. The Labute approximate surface area is 200 Å². The van der Waals surface area contributed by atoms with Crippen LogP contribution >= 0.6 is 0 Å². The first-order valence-electron chi connectivity index (χ1n) is 10.9. The lowest BCUT2D eigenvalue weighted by molar-refractivity contribution is 0.0988. The van der Waals surface area contributed by atoms with Gasteiger partial charge in [0.25, 0.3) is 0 Å². The number of methoxy groups -OCH3 is 1. The van der Waals surface area contributed by atoms with Crippen molar-refractivity contribution in [2.75, 3.05) is 25.2 Å². The Kier molecular flexibility index (Phi) is 7.00. The molecule has 2 heterocycles. The Morgan fingerprint density at radius 2 is 2.11 bits per heavy atom. The highest BCUT2D eigenvalue weighted by atomic mass is 19.1. The van der Waals surface area contributed by atoms with Gasteiger partial charge in [-0.05, 0) is 48.4 Å². The van der Waals surface area contributed by atoms with E-state index in [4.69, 9.17) is 15.7 Å². The number of nitriles is 1. The van der Waals surface area contributed by atoms with Crippen LogP contribution in [0.3, 0.4) is 0 Å². The molecule has 1 aliphatic heterocycles. The number of rotatable bonds is 7. The molecule has 2 atom stereocenters. The maximum Gasteiger partial charge on any atom is 0.185 e. The lowest BCUT2D eigenvalue weighted by atomic mass is 10.0. The van der Waals surface area contributed by atoms with Gasteiger partial charge < -0.3 is 20.5 Å². The normalized spacial score (nSPS) is 17.3. The van der Waals surface area contributed by atoms with Crippen LogP contribution in [0.15, 0.2) is 42.6 Å². The van der Waals surface area contributed by atoms with Crippen LogP contribution in [0.4, 0.5) is 14.5 Å². The van der Waals surface area contributed by atoms with Crippen LogP contribution in [0.5, 0.6) is 5.75 Å². The minimum absolute atomic E-state index is 0.00847. The molecule has 0 spiro atoms. The number of anilines is 1. The molecule has 35 heavy (non-hydrogen) atoms. The van der Waals surface area contributed by atoms with E-state index >= 15 is 0 Å². The van der Waals surface area contributed by atoms with Gasteiger partial charge in [0.15, 0.2) is 17.4 Å². The number of halogens is 2. The Morgan fingerprint density at radius 3 is 2.83 bits per heavy atom. The van der Waals surface area contributed by atoms with Gasteiger partial charge in [0.2, 0.25) is 0 Å². The van der Waals surface area contributed by atoms with Gasteiger partial charge in [0.05, 0.1) is 30.9 Å². The number of hydrogen-bond acceptors (Lipinski definition) is 8. The number of hydrogen-bond donors (Lipinski definition) is 2. The van der Waals surface area contributed by atoms with E-state index in [9.17, 15) is 18.7 Å². The van der Waals surface area contributed by atoms with E-state index in [1.54, 1.807) is 12.1 Å². The van der Waals surface area contributed by atoms with Crippen molar-refractivity contribution in [1.82, 2.24) is 9.97 Å². The molecule has 180 valence electrons. The monoisotopic (exact) mass is 479 g/mol. The number of Topliss-reactive ketones (excluding diaryl/α,β-unsaturated/α-hetero) is 1. The minimum Gasteiger partial charge on any atom is -0.496 e. The fourth-order valence-electron chi connectivity index (χ4n) is 4.32. The molecule has 3 N–H and O–H groups in total. The van der Waals surface area contributed by atoms with Crippen LogP contribution in [0.25, 0.3) is 11.4 Å². The molecular formula is C25H23F2N5O3. The molecule has 1 fully saturated rings. The number of nitrogens with two attached hydrogens (primary N) is 1. The summed E-state index contributed by atoms with van der Waals surface area (Å²) >= 11 is 0. The number of carbonyl (C=O) groups is 1. The van der Waals surface area contributed by atoms with Crippen molar-refractivity contribution in [2.24, 2.45) is 5.73 Å². The fourth-order valence-corrected chi connectivity index (χ4v) is 4.32. The fraction of sp³-hybridized carbons (Fsp3) is 0.280. The number of nitrogens with zero attached hydrogens (tertiary/aromatic N) is 4. The van der Waals surface area contributed by atoms with E-state index in [2.05, 4.69) is 9.97 Å². The molecular weight excluding hydrogens is 456 g/mol. The number of ether oxygens (including phenoxy) is 1. The number of ketones is 1. The zero-order valence-corrected chi connectivity index (χ0v) is 18.9. The van der Waals surface area contributed by atoms with Crippen molar-refractivity contribution in [3.63, 3.8) is 0 Å². The quantitative estimate of drug-likeness (QED) is 0.496. The van der Waals surface area contributed by atoms with E-state index in [0.29, 0.717) is 24.2 Å². The van der Waals surface area contributed by atoms with Crippen molar-refractivity contribution in [3.8, 4) is 23.2 Å². The average molecular weight is 479 g/mol. The maximum atomic E-state index is 14.9. The molecule has 8 nitrogen and oxygen atoms in total. The second kappa shape index (κ2) is 10.1. The molecule has 10 heteroatoms. The highest BCUT2D eigenvalue weighted by Crippen LogP contribution is 2.33. The van der Waals surface area contributed by atoms with Gasteiger partial charge in [-0.1, -0.05) is 0 Å². The van der Waals surface area contributed by atoms with Crippen molar-refractivity contribution in [2.45, 2.75) is 24.9 Å². The first-order chi connectivity index (χ1) is 16.9. The first kappa shape index (κ1) is 24.2. The van der Waals surface area contributed by atoms with Gasteiger partial charge in [0.1, 0.15) is 23.3 Å². The zero-order chi connectivity index (χ0) is 25.1. The van der Waals surface area contributed by atoms with Crippen molar-refractivity contribution >= 4 is 11.5 Å². The predicted molar refractivity (Wildman–Crippen MR) is 124 cm³/mol. The SMILES string of the molecule is COc1ccc(C#N)c(F)c1-c1nccc(C(=O)Cc2cc(F)ccc2N2C[C@@H](N)C[C@H]2CO)n1. The molecule has 1 aliphatic rings. The number of aliphatic hydroxyl groups is 1. The molecule has 0 aliphatic carbocycles. The largest absolute Gasteiger partial charge is 0.496 e. The Hall–Kier alpha value is -3.94. The molecule has 4 rings (SSSR count). The summed E-state index contributed by atoms with van der Waals surface area (Å²) in [7, 11) is 1.34. The van der Waals surface area contributed by atoms with Gasteiger partial charge in [-0.3, -0.25) is 4.79 Å². The molecule has 0 amide bonds. The zero-order valence-electron chi connectivity index (χ0n) is 18.9. The Bertz CT molecular complexity index is 1310. The highest BCUT2D eigenvalue weighted by Gasteiger charge is 2.31. The van der Waals surface area contributed by atoms with Crippen LogP contribution in [-0.2, 0) is 6.42 Å². The van der Waals surface area contributed by atoms with Gasteiger partial charge in [-0.15, -0.1) is 0 Å². The van der Waals surface area contributed by atoms with E-state index in [0.717, 1.165) is 0 Å². The van der Waals surface area contributed by atoms with E-state index in [1.165, 1.54) is 43.6 Å². The summed E-state index contributed by atoms with van der Waals surface area (Å²) in [4.78, 5) is 23.3. The summed E-state index contributed by atoms with van der Waals surface area (Å²) in [5.74, 6) is -1.82. The minimum atomic E-state index is -0.857. The van der Waals surface area contributed by atoms with Crippen LogP contribution in [-0.4, -0.2) is 53.2 Å². The molecule has 3 aromatic rings. The second-order valence-corrected chi connectivity index (χ2v) is 8.24. The highest BCUT2D eigenvalue weighted by molar-refractivity contribution is 5.97. The number of carbonyl (C=O) groups excluding carboxylic acids is 1. The summed E-state index contributed by atoms with van der Waals surface area (Å²) in [5.41, 5.74) is 6.72. The van der Waals surface area contributed by atoms with Crippen LogP contribution in [0, 0.1) is 23.0 Å². The van der Waals surface area contributed by atoms with Crippen molar-refractivity contribution in [1.29, 1.82) is 5.26 Å². The molecule has 0 saturated carbocycles. The number of benzene rings is 2. The first-order valence-corrected chi connectivity index (χ1v) is 10.9. The summed E-state index contributed by atoms with van der Waals surface area (Å²) < 4.78 is 34.2. The Morgan fingerprint density at radius 1 is 1.31 bits per heavy atom. The van der Waals surface area contributed by atoms with Gasteiger partial charge in [-0.2, -0.15) is 5.26 Å². The van der Waals surface area contributed by atoms with Crippen LogP contribution in [0.1, 0.15) is 28.0 Å². The standard InChI is InChI=1S/C25H23F2N5O3/c1-35-22-5-2-14(11-28)24(27)23(22)25-30-7-6-19(31-25)21(34)9-15-8-16(26)3-4-20(15)32-12-17(29)10-18(32)13-33/h2-8,17-18,33H,9-10,12-13,29H2,1H3/t17-,18-/m0/s1. The number of aliphatic hydroxyl groups excluding tert-OH is 1. The Balaban J connectivity index is 1.68. The summed E-state index contributed by atoms with van der Waals surface area (Å²) in [6.07, 6.45) is 1.69. The van der Waals surface area contributed by atoms with Gasteiger partial charge >= 0.3 is 0 Å². The van der Waals surface area contributed by atoms with E-state index in [-0.39, 0.29) is 53.5 Å². The second-order valence-electron chi connectivity index (χ2n) is 8.24.